The number of hydrogen-bond acceptors (Lipinski definition) is 5. The number of piperazine rings is 1. The molecule has 0 radical (unpaired) electrons. The number of benzene rings is 1. The normalized spacial score (nSPS) is 21.0. The Hall–Kier alpha value is -2.44. The van der Waals surface area contributed by atoms with Crippen molar-refractivity contribution in [2.24, 2.45) is 0 Å². The molecule has 3 heterocycles. The van der Waals surface area contributed by atoms with Crippen LogP contribution < -0.4 is 5.32 Å². The number of nitrogens with zero attached hydrogens (tertiary/aromatic N) is 2. The second-order valence-electron chi connectivity index (χ2n) is 7.97. The van der Waals surface area contributed by atoms with Gasteiger partial charge in [0.2, 0.25) is 0 Å². The summed E-state index contributed by atoms with van der Waals surface area (Å²) in [4.78, 5) is 30.5. The van der Waals surface area contributed by atoms with Gasteiger partial charge in [-0.15, -0.1) is 11.3 Å². The largest absolute Gasteiger partial charge is 0.362 e. The summed E-state index contributed by atoms with van der Waals surface area (Å²) in [5.74, 6) is -0.293. The lowest BCUT2D eigenvalue weighted by atomic mass is 9.78. The van der Waals surface area contributed by atoms with Crippen LogP contribution in [0.15, 0.2) is 52.2 Å². The molecule has 0 aliphatic carbocycles. The van der Waals surface area contributed by atoms with Crippen molar-refractivity contribution in [1.29, 1.82) is 0 Å². The van der Waals surface area contributed by atoms with Crippen LogP contribution in [0.25, 0.3) is 10.1 Å². The van der Waals surface area contributed by atoms with Crippen molar-refractivity contribution in [3.05, 3.63) is 57.7 Å². The number of hydrogen-bond donors (Lipinski definition) is 1. The summed E-state index contributed by atoms with van der Waals surface area (Å²) >= 11 is 1.66. The maximum atomic E-state index is 13.7. The number of fused-ring (bicyclic) bond motifs is 1. The van der Waals surface area contributed by atoms with E-state index in [0.29, 0.717) is 24.2 Å². The average molecular weight is 410 g/mol. The summed E-state index contributed by atoms with van der Waals surface area (Å²) in [5, 5.41) is 6.54. The number of ketones is 1. The van der Waals surface area contributed by atoms with Crippen LogP contribution in [0, 0.1) is 0 Å². The molecule has 2 aliphatic rings. The molecule has 1 amide bonds. The lowest BCUT2D eigenvalue weighted by Crippen LogP contribution is -2.49. The molecule has 1 aromatic carbocycles. The van der Waals surface area contributed by atoms with Crippen LogP contribution in [0.5, 0.6) is 0 Å². The van der Waals surface area contributed by atoms with Gasteiger partial charge in [-0.25, -0.2) is 0 Å². The van der Waals surface area contributed by atoms with Crippen molar-refractivity contribution in [1.82, 2.24) is 15.1 Å². The average Bonchev–Trinajstić information content (AvgIpc) is 3.11. The van der Waals surface area contributed by atoms with Gasteiger partial charge in [-0.3, -0.25) is 9.59 Å². The minimum absolute atomic E-state index is 0.00598. The quantitative estimate of drug-likeness (QED) is 0.843. The van der Waals surface area contributed by atoms with Gasteiger partial charge in [-0.1, -0.05) is 18.2 Å². The number of dihydropyridines is 1. The Balaban J connectivity index is 1.84. The molecule has 0 saturated carbocycles. The van der Waals surface area contributed by atoms with Gasteiger partial charge in [0.1, 0.15) is 0 Å². The Morgan fingerprint density at radius 2 is 1.69 bits per heavy atom. The van der Waals surface area contributed by atoms with Gasteiger partial charge < -0.3 is 15.1 Å². The van der Waals surface area contributed by atoms with E-state index in [2.05, 4.69) is 34.8 Å². The molecule has 1 atom stereocenters. The number of allylic oxidation sites excluding steroid dienone is 3. The first-order valence-electron chi connectivity index (χ1n) is 10.0. The van der Waals surface area contributed by atoms with Crippen LogP contribution in [0.1, 0.15) is 32.3 Å². The van der Waals surface area contributed by atoms with E-state index in [1.807, 2.05) is 30.9 Å². The fraction of sp³-hybridized carbons (Fsp3) is 0.391. The predicted molar refractivity (Wildman–Crippen MR) is 118 cm³/mol. The van der Waals surface area contributed by atoms with Gasteiger partial charge in [-0.05, 0) is 50.2 Å². The highest BCUT2D eigenvalue weighted by Crippen LogP contribution is 2.43. The van der Waals surface area contributed by atoms with Crippen molar-refractivity contribution in [3.63, 3.8) is 0 Å². The molecule has 1 aromatic heterocycles. The van der Waals surface area contributed by atoms with E-state index >= 15 is 0 Å². The van der Waals surface area contributed by atoms with E-state index in [4.69, 9.17) is 0 Å². The van der Waals surface area contributed by atoms with Crippen LogP contribution >= 0.6 is 11.3 Å². The van der Waals surface area contributed by atoms with E-state index < -0.39 is 0 Å². The van der Waals surface area contributed by atoms with Crippen LogP contribution in [0.3, 0.4) is 0 Å². The lowest BCUT2D eigenvalue weighted by molar-refractivity contribution is -0.129. The van der Waals surface area contributed by atoms with Crippen LogP contribution in [0.4, 0.5) is 0 Å². The first-order valence-corrected chi connectivity index (χ1v) is 10.9. The number of carbonyl (C=O) groups is 2. The minimum Gasteiger partial charge on any atom is -0.362 e. The molecule has 2 aromatic rings. The fourth-order valence-electron chi connectivity index (χ4n) is 4.46. The standard InChI is InChI=1S/C23H27N3O2S/c1-14-20(16(3)27)22(18-13-29-19-8-6-5-7-17(18)19)21(15(2)24-14)23(28)26-11-9-25(4)10-12-26/h5-8,13,22,24H,9-12H2,1-4H3. The number of carbonyl (C=O) groups excluding carboxylic acids is 2. The Morgan fingerprint density at radius 3 is 2.38 bits per heavy atom. The zero-order valence-electron chi connectivity index (χ0n) is 17.4. The summed E-state index contributed by atoms with van der Waals surface area (Å²) < 4.78 is 1.17. The Bertz CT molecular complexity index is 1040. The highest BCUT2D eigenvalue weighted by molar-refractivity contribution is 7.17. The lowest BCUT2D eigenvalue weighted by Gasteiger charge is -2.37. The molecule has 2 aliphatic heterocycles. The number of nitrogens with one attached hydrogen (secondary N) is 1. The van der Waals surface area contributed by atoms with Gasteiger partial charge in [0.15, 0.2) is 5.78 Å². The topological polar surface area (TPSA) is 52.7 Å². The molecule has 0 bridgehead atoms. The molecule has 0 spiro atoms. The zero-order valence-corrected chi connectivity index (χ0v) is 18.2. The molecule has 1 fully saturated rings. The van der Waals surface area contributed by atoms with Gasteiger partial charge in [0, 0.05) is 59.3 Å². The van der Waals surface area contributed by atoms with E-state index in [1.165, 1.54) is 4.70 Å². The molecule has 4 rings (SSSR count). The van der Waals surface area contributed by atoms with E-state index in [1.54, 1.807) is 18.3 Å². The number of thiophene rings is 1. The maximum absolute atomic E-state index is 13.7. The van der Waals surface area contributed by atoms with Gasteiger partial charge in [-0.2, -0.15) is 0 Å². The Labute approximate surface area is 175 Å². The van der Waals surface area contributed by atoms with Crippen LogP contribution in [-0.4, -0.2) is 54.7 Å². The minimum atomic E-state index is -0.336. The summed E-state index contributed by atoms with van der Waals surface area (Å²) in [5.41, 5.74) is 4.13. The van der Waals surface area contributed by atoms with Crippen molar-refractivity contribution >= 4 is 33.1 Å². The molecule has 29 heavy (non-hydrogen) atoms. The van der Waals surface area contributed by atoms with E-state index in [9.17, 15) is 9.59 Å². The van der Waals surface area contributed by atoms with Crippen LogP contribution in [0.2, 0.25) is 0 Å². The van der Waals surface area contributed by atoms with Crippen molar-refractivity contribution in [2.75, 3.05) is 33.2 Å². The first kappa shape index (κ1) is 19.9. The molecule has 1 N–H and O–H groups in total. The summed E-state index contributed by atoms with van der Waals surface area (Å²) in [7, 11) is 2.08. The fourth-order valence-corrected chi connectivity index (χ4v) is 5.44. The van der Waals surface area contributed by atoms with Crippen molar-refractivity contribution in [3.8, 4) is 0 Å². The van der Waals surface area contributed by atoms with E-state index in [0.717, 1.165) is 35.4 Å². The number of likely N-dealkylation sites (N-methyl/N-ethyl adjacent to an activating group) is 1. The highest BCUT2D eigenvalue weighted by atomic mass is 32.1. The third kappa shape index (κ3) is 3.51. The summed E-state index contributed by atoms with van der Waals surface area (Å²) in [6.45, 7) is 8.63. The third-order valence-corrected chi connectivity index (χ3v) is 6.96. The van der Waals surface area contributed by atoms with Crippen LogP contribution in [-0.2, 0) is 9.59 Å². The highest BCUT2D eigenvalue weighted by Gasteiger charge is 2.38. The first-order chi connectivity index (χ1) is 13.9. The number of rotatable bonds is 3. The Morgan fingerprint density at radius 1 is 1.03 bits per heavy atom. The Kier molecular flexibility index (Phi) is 5.32. The maximum Gasteiger partial charge on any atom is 0.252 e. The number of Topliss-reactive ketones (excluding diaryl/α,β-unsaturated/α-hetero) is 1. The smallest absolute Gasteiger partial charge is 0.252 e. The molecule has 5 nitrogen and oxygen atoms in total. The van der Waals surface area contributed by atoms with Gasteiger partial charge in [0.25, 0.3) is 5.91 Å². The van der Waals surface area contributed by atoms with Crippen molar-refractivity contribution in [2.45, 2.75) is 26.7 Å². The number of amides is 1. The molecule has 6 heteroatoms. The second-order valence-corrected chi connectivity index (χ2v) is 8.89. The van der Waals surface area contributed by atoms with Gasteiger partial charge in [0.05, 0.1) is 0 Å². The summed E-state index contributed by atoms with van der Waals surface area (Å²) in [6.07, 6.45) is 0. The predicted octanol–water partition coefficient (Wildman–Crippen LogP) is 3.50. The molecular weight excluding hydrogens is 382 g/mol. The SMILES string of the molecule is CC(=O)C1=C(C)NC(C)=C(C(=O)N2CCN(C)CC2)C1c1csc2ccccc12. The van der Waals surface area contributed by atoms with Crippen molar-refractivity contribution < 1.29 is 9.59 Å². The zero-order chi connectivity index (χ0) is 20.7. The molecule has 1 saturated heterocycles. The van der Waals surface area contributed by atoms with Gasteiger partial charge >= 0.3 is 0 Å². The third-order valence-electron chi connectivity index (χ3n) is 5.98. The molecular formula is C23H27N3O2S. The molecule has 152 valence electrons. The second kappa shape index (κ2) is 7.76. The molecule has 1 unspecified atom stereocenters. The summed E-state index contributed by atoms with van der Waals surface area (Å²) in [6, 6.07) is 8.22. The monoisotopic (exact) mass is 409 g/mol. The van der Waals surface area contributed by atoms with E-state index in [-0.39, 0.29) is 17.6 Å².